The van der Waals surface area contributed by atoms with Crippen LogP contribution in [0.2, 0.25) is 0 Å². The first-order chi connectivity index (χ1) is 8.79. The molecule has 0 radical (unpaired) electrons. The predicted molar refractivity (Wildman–Crippen MR) is 71.3 cm³/mol. The number of benzene rings is 1. The lowest BCUT2D eigenvalue weighted by molar-refractivity contribution is -0.117. The van der Waals surface area contributed by atoms with Gasteiger partial charge in [0.25, 0.3) is 0 Å². The summed E-state index contributed by atoms with van der Waals surface area (Å²) in [5.41, 5.74) is 7.52. The first kappa shape index (κ1) is 11.2. The summed E-state index contributed by atoms with van der Waals surface area (Å²) in [6.07, 6.45) is 2.31. The minimum Gasteiger partial charge on any atom is -0.330 e. The molecule has 0 bridgehead atoms. The fraction of sp³-hybridized carbons (Fsp3) is 0.286. The number of aromatic nitrogens is 1. The number of nitrogens with two attached hydrogens (primary N) is 1. The van der Waals surface area contributed by atoms with E-state index in [1.165, 1.54) is 0 Å². The van der Waals surface area contributed by atoms with E-state index in [0.29, 0.717) is 19.5 Å². The first-order valence-electron chi connectivity index (χ1n) is 6.14. The van der Waals surface area contributed by atoms with Crippen molar-refractivity contribution in [2.45, 2.75) is 6.42 Å². The second-order valence-electron chi connectivity index (χ2n) is 4.66. The predicted octanol–water partition coefficient (Wildman–Crippen LogP) is 1.55. The molecule has 3 rings (SSSR count). The Morgan fingerprint density at radius 2 is 2.22 bits per heavy atom. The monoisotopic (exact) mass is 241 g/mol. The van der Waals surface area contributed by atoms with Gasteiger partial charge in [0.05, 0.1) is 11.2 Å². The molecule has 1 fully saturated rings. The van der Waals surface area contributed by atoms with Crippen LogP contribution >= 0.6 is 0 Å². The van der Waals surface area contributed by atoms with E-state index in [1.807, 2.05) is 35.2 Å². The van der Waals surface area contributed by atoms with Gasteiger partial charge in [-0.1, -0.05) is 6.07 Å². The summed E-state index contributed by atoms with van der Waals surface area (Å²) in [6.45, 7) is 1.27. The zero-order valence-corrected chi connectivity index (χ0v) is 10.0. The van der Waals surface area contributed by atoms with Gasteiger partial charge in [-0.25, -0.2) is 0 Å². The maximum Gasteiger partial charge on any atom is 0.227 e. The molecule has 0 aliphatic carbocycles. The minimum atomic E-state index is 0.154. The largest absolute Gasteiger partial charge is 0.330 e. The van der Waals surface area contributed by atoms with Crippen LogP contribution in [0.25, 0.3) is 10.9 Å². The normalized spacial score (nSPS) is 19.7. The topological polar surface area (TPSA) is 59.2 Å². The van der Waals surface area contributed by atoms with E-state index in [1.54, 1.807) is 6.20 Å². The number of fused-ring (bicyclic) bond motifs is 1. The number of rotatable bonds is 2. The highest BCUT2D eigenvalue weighted by Crippen LogP contribution is 2.30. The maximum atomic E-state index is 12.0. The molecule has 1 aromatic carbocycles. The molecule has 0 spiro atoms. The number of pyridine rings is 1. The fourth-order valence-electron chi connectivity index (χ4n) is 2.49. The number of nitrogens with zero attached hydrogens (tertiary/aromatic N) is 2. The Morgan fingerprint density at radius 3 is 3.00 bits per heavy atom. The average Bonchev–Trinajstić information content (AvgIpc) is 2.79. The van der Waals surface area contributed by atoms with Crippen molar-refractivity contribution in [2.24, 2.45) is 11.7 Å². The average molecular weight is 241 g/mol. The molecule has 92 valence electrons. The Balaban J connectivity index is 2.07. The molecule has 1 unspecified atom stereocenters. The Morgan fingerprint density at radius 1 is 1.33 bits per heavy atom. The molecule has 4 nitrogen and oxygen atoms in total. The second-order valence-corrected chi connectivity index (χ2v) is 4.66. The quantitative estimate of drug-likeness (QED) is 0.867. The smallest absolute Gasteiger partial charge is 0.227 e. The lowest BCUT2D eigenvalue weighted by atomic mass is 10.1. The number of carbonyl (C=O) groups is 1. The summed E-state index contributed by atoms with van der Waals surface area (Å²) in [5.74, 6) is 0.422. The number of hydrogen-bond acceptors (Lipinski definition) is 3. The van der Waals surface area contributed by atoms with Crippen molar-refractivity contribution in [2.75, 3.05) is 18.0 Å². The lowest BCUT2D eigenvalue weighted by Gasteiger charge is -2.18. The standard InChI is InChI=1S/C14H15N3O/c15-8-10-7-14(18)17(9-10)13-5-1-4-12-11(13)3-2-6-16-12/h1-6,10H,7-9,15H2. The van der Waals surface area contributed by atoms with Gasteiger partial charge in [-0.2, -0.15) is 0 Å². The second kappa shape index (κ2) is 4.38. The van der Waals surface area contributed by atoms with Crippen LogP contribution in [0.4, 0.5) is 5.69 Å². The van der Waals surface area contributed by atoms with Crippen LogP contribution in [0.15, 0.2) is 36.5 Å². The van der Waals surface area contributed by atoms with Gasteiger partial charge in [0.1, 0.15) is 0 Å². The summed E-state index contributed by atoms with van der Waals surface area (Å²) in [5, 5.41) is 1.02. The Hall–Kier alpha value is -1.94. The van der Waals surface area contributed by atoms with Gasteiger partial charge in [-0.3, -0.25) is 9.78 Å². The summed E-state index contributed by atoms with van der Waals surface area (Å²) >= 11 is 0. The van der Waals surface area contributed by atoms with Crippen molar-refractivity contribution in [3.63, 3.8) is 0 Å². The van der Waals surface area contributed by atoms with Crippen LogP contribution in [0.5, 0.6) is 0 Å². The Kier molecular flexibility index (Phi) is 2.72. The van der Waals surface area contributed by atoms with Gasteiger partial charge in [0, 0.05) is 24.5 Å². The highest BCUT2D eigenvalue weighted by atomic mass is 16.2. The van der Waals surface area contributed by atoms with E-state index >= 15 is 0 Å². The van der Waals surface area contributed by atoms with Crippen LogP contribution in [0.3, 0.4) is 0 Å². The van der Waals surface area contributed by atoms with Crippen LogP contribution < -0.4 is 10.6 Å². The molecule has 2 N–H and O–H groups in total. The molecule has 1 aromatic heterocycles. The molecule has 18 heavy (non-hydrogen) atoms. The summed E-state index contributed by atoms with van der Waals surface area (Å²) in [6, 6.07) is 9.77. The molecule has 2 aromatic rings. The summed E-state index contributed by atoms with van der Waals surface area (Å²) in [4.78, 5) is 18.2. The Labute approximate surface area is 105 Å². The van der Waals surface area contributed by atoms with Crippen molar-refractivity contribution in [1.29, 1.82) is 0 Å². The molecule has 0 saturated carbocycles. The van der Waals surface area contributed by atoms with E-state index in [4.69, 9.17) is 5.73 Å². The summed E-state index contributed by atoms with van der Waals surface area (Å²) in [7, 11) is 0. The third kappa shape index (κ3) is 1.75. The highest BCUT2D eigenvalue weighted by molar-refractivity contribution is 6.04. The highest BCUT2D eigenvalue weighted by Gasteiger charge is 2.30. The van der Waals surface area contributed by atoms with Gasteiger partial charge in [0.15, 0.2) is 0 Å². The van der Waals surface area contributed by atoms with Crippen molar-refractivity contribution in [1.82, 2.24) is 4.98 Å². The zero-order valence-electron chi connectivity index (χ0n) is 10.0. The molecular formula is C14H15N3O. The number of amides is 1. The number of anilines is 1. The van der Waals surface area contributed by atoms with Gasteiger partial charge < -0.3 is 10.6 Å². The van der Waals surface area contributed by atoms with E-state index in [9.17, 15) is 4.79 Å². The molecule has 1 saturated heterocycles. The van der Waals surface area contributed by atoms with Crippen molar-refractivity contribution in [3.05, 3.63) is 36.5 Å². The fourth-order valence-corrected chi connectivity index (χ4v) is 2.49. The zero-order chi connectivity index (χ0) is 12.5. The van der Waals surface area contributed by atoms with Crippen LogP contribution in [-0.2, 0) is 4.79 Å². The SMILES string of the molecule is NCC1CC(=O)N(c2cccc3ncccc23)C1. The van der Waals surface area contributed by atoms with Crippen molar-refractivity contribution in [3.8, 4) is 0 Å². The van der Waals surface area contributed by atoms with E-state index in [2.05, 4.69) is 4.98 Å². The molecule has 1 aliphatic heterocycles. The van der Waals surface area contributed by atoms with Crippen LogP contribution in [0, 0.1) is 5.92 Å². The van der Waals surface area contributed by atoms with E-state index < -0.39 is 0 Å². The van der Waals surface area contributed by atoms with Gasteiger partial charge in [0.2, 0.25) is 5.91 Å². The van der Waals surface area contributed by atoms with Crippen LogP contribution in [-0.4, -0.2) is 24.0 Å². The molecule has 1 atom stereocenters. The Bertz CT molecular complexity index is 591. The first-order valence-corrected chi connectivity index (χ1v) is 6.14. The van der Waals surface area contributed by atoms with Crippen molar-refractivity contribution < 1.29 is 4.79 Å². The lowest BCUT2D eigenvalue weighted by Crippen LogP contribution is -2.25. The minimum absolute atomic E-state index is 0.154. The molecule has 1 amide bonds. The summed E-state index contributed by atoms with van der Waals surface area (Å²) < 4.78 is 0. The number of hydrogen-bond donors (Lipinski definition) is 1. The molecule has 4 heteroatoms. The van der Waals surface area contributed by atoms with E-state index in [-0.39, 0.29) is 11.8 Å². The van der Waals surface area contributed by atoms with Gasteiger partial charge in [-0.05, 0) is 36.7 Å². The maximum absolute atomic E-state index is 12.0. The van der Waals surface area contributed by atoms with Gasteiger partial charge >= 0.3 is 0 Å². The third-order valence-electron chi connectivity index (χ3n) is 3.45. The van der Waals surface area contributed by atoms with Gasteiger partial charge in [-0.15, -0.1) is 0 Å². The van der Waals surface area contributed by atoms with Crippen molar-refractivity contribution >= 4 is 22.5 Å². The van der Waals surface area contributed by atoms with E-state index in [0.717, 1.165) is 16.6 Å². The molecular weight excluding hydrogens is 226 g/mol. The molecule has 2 heterocycles. The van der Waals surface area contributed by atoms with Crippen LogP contribution in [0.1, 0.15) is 6.42 Å². The number of carbonyl (C=O) groups excluding carboxylic acids is 1. The third-order valence-corrected chi connectivity index (χ3v) is 3.45. The molecule has 1 aliphatic rings.